The molecule has 0 fully saturated rings. The fourth-order valence-electron chi connectivity index (χ4n) is 3.35. The molecule has 120 valence electrons. The number of fused-ring (bicyclic) bond motifs is 2. The number of hydrogen-bond acceptors (Lipinski definition) is 3. The average molecular weight is 319 g/mol. The van der Waals surface area contributed by atoms with Gasteiger partial charge in [-0.2, -0.15) is 0 Å². The van der Waals surface area contributed by atoms with E-state index in [9.17, 15) is 9.59 Å². The number of nitrogens with two attached hydrogens (primary N) is 1. The molecule has 4 rings (SSSR count). The SMILES string of the molecule is Nc1ccc(N2C(=O)CC(=O)NC3=C2CCc2ccccc23)cc1. The lowest BCUT2D eigenvalue weighted by molar-refractivity contribution is -0.126. The minimum Gasteiger partial charge on any atom is -0.399 e. The van der Waals surface area contributed by atoms with Crippen LogP contribution in [-0.2, 0) is 16.0 Å². The number of amides is 2. The molecule has 24 heavy (non-hydrogen) atoms. The number of nitrogens with one attached hydrogen (secondary N) is 1. The molecule has 2 aromatic rings. The highest BCUT2D eigenvalue weighted by atomic mass is 16.2. The Morgan fingerprint density at radius 1 is 0.958 bits per heavy atom. The lowest BCUT2D eigenvalue weighted by Crippen LogP contribution is -2.31. The number of anilines is 2. The van der Waals surface area contributed by atoms with Crippen LogP contribution in [0.15, 0.2) is 54.2 Å². The smallest absolute Gasteiger partial charge is 0.240 e. The Morgan fingerprint density at radius 3 is 2.50 bits per heavy atom. The first-order valence-electron chi connectivity index (χ1n) is 7.93. The molecule has 1 heterocycles. The lowest BCUT2D eigenvalue weighted by atomic mass is 9.92. The average Bonchev–Trinajstić information content (AvgIpc) is 2.71. The van der Waals surface area contributed by atoms with Crippen LogP contribution < -0.4 is 16.0 Å². The number of nitrogen functional groups attached to an aromatic ring is 1. The minimum atomic E-state index is -0.276. The van der Waals surface area contributed by atoms with Crippen molar-refractivity contribution >= 4 is 28.9 Å². The second kappa shape index (κ2) is 5.53. The predicted molar refractivity (Wildman–Crippen MR) is 92.8 cm³/mol. The molecule has 0 unspecified atom stereocenters. The van der Waals surface area contributed by atoms with Crippen LogP contribution in [0.2, 0.25) is 0 Å². The molecule has 0 saturated heterocycles. The molecule has 5 heteroatoms. The molecule has 0 radical (unpaired) electrons. The first-order chi connectivity index (χ1) is 11.6. The second-order valence-electron chi connectivity index (χ2n) is 6.02. The standard InChI is InChI=1S/C19H17N3O2/c20-13-6-8-14(9-7-13)22-16-10-5-12-3-1-2-4-15(12)19(16)21-17(23)11-18(22)24/h1-4,6-9H,5,10-11,20H2,(H,21,23). The van der Waals surface area contributed by atoms with E-state index in [0.717, 1.165) is 29.1 Å². The Morgan fingerprint density at radius 2 is 1.71 bits per heavy atom. The van der Waals surface area contributed by atoms with E-state index in [1.165, 1.54) is 5.56 Å². The van der Waals surface area contributed by atoms with Gasteiger partial charge in [0.25, 0.3) is 0 Å². The van der Waals surface area contributed by atoms with Gasteiger partial charge in [-0.1, -0.05) is 24.3 Å². The molecule has 2 amide bonds. The zero-order valence-corrected chi connectivity index (χ0v) is 13.1. The summed E-state index contributed by atoms with van der Waals surface area (Å²) in [7, 11) is 0. The van der Waals surface area contributed by atoms with Crippen molar-refractivity contribution in [3.63, 3.8) is 0 Å². The van der Waals surface area contributed by atoms with Crippen LogP contribution in [0.25, 0.3) is 5.70 Å². The summed E-state index contributed by atoms with van der Waals surface area (Å²) in [5.74, 6) is -0.496. The molecular weight excluding hydrogens is 302 g/mol. The molecule has 5 nitrogen and oxygen atoms in total. The topological polar surface area (TPSA) is 75.4 Å². The fraction of sp³-hybridized carbons (Fsp3) is 0.158. The van der Waals surface area contributed by atoms with Gasteiger partial charge in [0.2, 0.25) is 11.8 Å². The van der Waals surface area contributed by atoms with Crippen LogP contribution in [0.5, 0.6) is 0 Å². The van der Waals surface area contributed by atoms with Gasteiger partial charge in [0.05, 0.1) is 11.4 Å². The van der Waals surface area contributed by atoms with E-state index < -0.39 is 0 Å². The summed E-state index contributed by atoms with van der Waals surface area (Å²) >= 11 is 0. The van der Waals surface area contributed by atoms with Gasteiger partial charge in [0.15, 0.2) is 0 Å². The number of benzene rings is 2. The third-order valence-electron chi connectivity index (χ3n) is 4.45. The minimum absolute atomic E-state index is 0.167. The highest BCUT2D eigenvalue weighted by Crippen LogP contribution is 2.36. The summed E-state index contributed by atoms with van der Waals surface area (Å²) < 4.78 is 0. The molecule has 0 aromatic heterocycles. The zero-order chi connectivity index (χ0) is 16.7. The lowest BCUT2D eigenvalue weighted by Gasteiger charge is -2.29. The van der Waals surface area contributed by atoms with Crippen molar-refractivity contribution in [1.29, 1.82) is 0 Å². The molecule has 1 aliphatic heterocycles. The Hall–Kier alpha value is -3.08. The third-order valence-corrected chi connectivity index (χ3v) is 4.45. The molecule has 3 N–H and O–H groups in total. The first kappa shape index (κ1) is 14.5. The van der Waals surface area contributed by atoms with Gasteiger partial charge in [-0.3, -0.25) is 14.5 Å². The van der Waals surface area contributed by atoms with E-state index in [4.69, 9.17) is 5.73 Å². The van der Waals surface area contributed by atoms with Gasteiger partial charge in [0, 0.05) is 16.9 Å². The summed E-state index contributed by atoms with van der Waals surface area (Å²) in [5.41, 5.74) is 10.9. The van der Waals surface area contributed by atoms with E-state index in [1.54, 1.807) is 17.0 Å². The molecule has 0 saturated carbocycles. The highest BCUT2D eigenvalue weighted by Gasteiger charge is 2.32. The summed E-state index contributed by atoms with van der Waals surface area (Å²) in [4.78, 5) is 26.5. The van der Waals surface area contributed by atoms with Crippen molar-refractivity contribution in [2.45, 2.75) is 19.3 Å². The first-order valence-corrected chi connectivity index (χ1v) is 7.93. The van der Waals surface area contributed by atoms with Crippen LogP contribution in [0, 0.1) is 0 Å². The number of carbonyl (C=O) groups excluding carboxylic acids is 2. The molecule has 1 aliphatic carbocycles. The number of aryl methyl sites for hydroxylation is 1. The molecule has 0 spiro atoms. The van der Waals surface area contributed by atoms with Crippen molar-refractivity contribution in [2.24, 2.45) is 0 Å². The predicted octanol–water partition coefficient (Wildman–Crippen LogP) is 2.44. The van der Waals surface area contributed by atoms with Gasteiger partial charge in [-0.15, -0.1) is 0 Å². The molecule has 2 aliphatic rings. The number of carbonyl (C=O) groups is 2. The van der Waals surface area contributed by atoms with Crippen LogP contribution in [0.4, 0.5) is 11.4 Å². The van der Waals surface area contributed by atoms with Crippen molar-refractivity contribution in [2.75, 3.05) is 10.6 Å². The fourth-order valence-corrected chi connectivity index (χ4v) is 3.35. The molecule has 0 atom stereocenters. The van der Waals surface area contributed by atoms with E-state index in [1.807, 2.05) is 30.3 Å². The van der Waals surface area contributed by atoms with Crippen LogP contribution in [0.3, 0.4) is 0 Å². The number of nitrogens with zero attached hydrogens (tertiary/aromatic N) is 1. The van der Waals surface area contributed by atoms with Crippen LogP contribution in [0.1, 0.15) is 24.0 Å². The largest absolute Gasteiger partial charge is 0.399 e. The Labute approximate surface area is 139 Å². The maximum Gasteiger partial charge on any atom is 0.240 e. The Bertz CT molecular complexity index is 868. The van der Waals surface area contributed by atoms with E-state index >= 15 is 0 Å². The number of hydrogen-bond donors (Lipinski definition) is 2. The quantitative estimate of drug-likeness (QED) is 0.626. The normalized spacial score (nSPS) is 17.1. The summed E-state index contributed by atoms with van der Waals surface area (Å²) in [5, 5.41) is 2.93. The maximum absolute atomic E-state index is 12.7. The van der Waals surface area contributed by atoms with E-state index in [2.05, 4.69) is 11.4 Å². The summed E-state index contributed by atoms with van der Waals surface area (Å²) in [6, 6.07) is 15.1. The zero-order valence-electron chi connectivity index (χ0n) is 13.1. The van der Waals surface area contributed by atoms with Gasteiger partial charge in [-0.25, -0.2) is 0 Å². The maximum atomic E-state index is 12.7. The molecular formula is C19H17N3O2. The van der Waals surface area contributed by atoms with Gasteiger partial charge >= 0.3 is 0 Å². The highest BCUT2D eigenvalue weighted by molar-refractivity contribution is 6.12. The van der Waals surface area contributed by atoms with Gasteiger partial charge in [-0.05, 0) is 42.7 Å². The molecule has 0 bridgehead atoms. The van der Waals surface area contributed by atoms with Crippen molar-refractivity contribution in [1.82, 2.24) is 5.32 Å². The summed E-state index contributed by atoms with van der Waals surface area (Å²) in [6.07, 6.45) is 1.37. The van der Waals surface area contributed by atoms with Crippen molar-refractivity contribution in [3.05, 3.63) is 65.4 Å². The number of allylic oxidation sites excluding steroid dienone is 1. The van der Waals surface area contributed by atoms with Crippen molar-refractivity contribution in [3.8, 4) is 0 Å². The van der Waals surface area contributed by atoms with Crippen LogP contribution >= 0.6 is 0 Å². The Balaban J connectivity index is 1.90. The van der Waals surface area contributed by atoms with Crippen LogP contribution in [-0.4, -0.2) is 11.8 Å². The third kappa shape index (κ3) is 2.34. The monoisotopic (exact) mass is 319 g/mol. The van der Waals surface area contributed by atoms with E-state index in [0.29, 0.717) is 12.1 Å². The molecule has 2 aromatic carbocycles. The number of rotatable bonds is 1. The van der Waals surface area contributed by atoms with Crippen molar-refractivity contribution < 1.29 is 9.59 Å². The van der Waals surface area contributed by atoms with Gasteiger partial charge in [0.1, 0.15) is 6.42 Å². The van der Waals surface area contributed by atoms with Gasteiger partial charge < -0.3 is 11.1 Å². The second-order valence-corrected chi connectivity index (χ2v) is 6.02. The Kier molecular flexibility index (Phi) is 3.34. The summed E-state index contributed by atoms with van der Waals surface area (Å²) in [6.45, 7) is 0. The van der Waals surface area contributed by atoms with E-state index in [-0.39, 0.29) is 18.2 Å².